The number of nitrogens with zero attached hydrogens (tertiary/aromatic N) is 1. The Hall–Kier alpha value is -1.65. The molecule has 0 amide bonds. The highest BCUT2D eigenvalue weighted by atomic mass is 79.9. The number of aliphatic hydroxyl groups excluding tert-OH is 1. The SMILES string of the molecule is O=C(O)C(F)(F)F.O=C(O)c1ccc(CN2C[C@H]3CC[C@@H](O)C[C@H]3C2)c(Br)c1. The van der Waals surface area contributed by atoms with Gasteiger partial charge in [-0.3, -0.25) is 4.90 Å². The van der Waals surface area contributed by atoms with E-state index in [2.05, 4.69) is 20.8 Å². The molecule has 1 aliphatic heterocycles. The summed E-state index contributed by atoms with van der Waals surface area (Å²) in [6.07, 6.45) is -2.21. The Bertz CT molecular complexity index is 728. The van der Waals surface area contributed by atoms with Gasteiger partial charge in [0.1, 0.15) is 0 Å². The Morgan fingerprint density at radius 1 is 1.14 bits per heavy atom. The minimum absolute atomic E-state index is 0.118. The van der Waals surface area contributed by atoms with Gasteiger partial charge < -0.3 is 15.3 Å². The Morgan fingerprint density at radius 2 is 1.75 bits per heavy atom. The Labute approximate surface area is 168 Å². The zero-order valence-electron chi connectivity index (χ0n) is 14.8. The highest BCUT2D eigenvalue weighted by molar-refractivity contribution is 9.10. The molecule has 0 aromatic heterocycles. The second-order valence-corrected chi connectivity index (χ2v) is 7.95. The lowest BCUT2D eigenvalue weighted by Gasteiger charge is -2.27. The number of aliphatic hydroxyl groups is 1. The molecule has 6 nitrogen and oxygen atoms in total. The molecule has 1 aromatic rings. The van der Waals surface area contributed by atoms with Crippen LogP contribution in [-0.2, 0) is 11.3 Å². The largest absolute Gasteiger partial charge is 0.490 e. The summed E-state index contributed by atoms with van der Waals surface area (Å²) >= 11 is 3.48. The van der Waals surface area contributed by atoms with Crippen LogP contribution in [0.15, 0.2) is 22.7 Å². The van der Waals surface area contributed by atoms with Crippen molar-refractivity contribution >= 4 is 27.9 Å². The van der Waals surface area contributed by atoms with Crippen LogP contribution in [-0.4, -0.2) is 57.5 Å². The fourth-order valence-electron chi connectivity index (χ4n) is 3.68. The molecule has 0 unspecified atom stereocenters. The number of alkyl halides is 3. The van der Waals surface area contributed by atoms with Gasteiger partial charge in [-0.05, 0) is 48.8 Å². The molecule has 0 spiro atoms. The molecule has 0 radical (unpaired) electrons. The van der Waals surface area contributed by atoms with Gasteiger partial charge in [-0.15, -0.1) is 0 Å². The van der Waals surface area contributed by atoms with Crippen molar-refractivity contribution in [2.75, 3.05) is 13.1 Å². The Balaban J connectivity index is 0.000000345. The Kier molecular flexibility index (Phi) is 7.46. The summed E-state index contributed by atoms with van der Waals surface area (Å²) in [5.74, 6) is -2.33. The number of benzene rings is 1. The minimum Gasteiger partial charge on any atom is -0.478 e. The van der Waals surface area contributed by atoms with Gasteiger partial charge in [0, 0.05) is 24.1 Å². The molecule has 1 saturated carbocycles. The normalized spacial score (nSPS) is 24.8. The van der Waals surface area contributed by atoms with Crippen LogP contribution in [0.1, 0.15) is 35.2 Å². The number of carboxylic acids is 2. The van der Waals surface area contributed by atoms with E-state index in [0.717, 1.165) is 48.9 Å². The summed E-state index contributed by atoms with van der Waals surface area (Å²) < 4.78 is 32.6. The molecule has 1 aliphatic carbocycles. The number of hydrogen-bond acceptors (Lipinski definition) is 4. The van der Waals surface area contributed by atoms with Crippen molar-refractivity contribution in [1.82, 2.24) is 4.90 Å². The lowest BCUT2D eigenvalue weighted by Crippen LogP contribution is -2.26. The van der Waals surface area contributed by atoms with E-state index in [1.54, 1.807) is 12.1 Å². The van der Waals surface area contributed by atoms with Crippen molar-refractivity contribution in [3.05, 3.63) is 33.8 Å². The molecule has 2 fully saturated rings. The Morgan fingerprint density at radius 3 is 2.29 bits per heavy atom. The molecule has 3 N–H and O–H groups in total. The molecular weight excluding hydrogens is 447 g/mol. The summed E-state index contributed by atoms with van der Waals surface area (Å²) in [7, 11) is 0. The van der Waals surface area contributed by atoms with Crippen molar-refractivity contribution in [2.24, 2.45) is 11.8 Å². The van der Waals surface area contributed by atoms with Gasteiger partial charge in [-0.1, -0.05) is 22.0 Å². The molecule has 1 saturated heterocycles. The fourth-order valence-corrected chi connectivity index (χ4v) is 4.19. The number of fused-ring (bicyclic) bond motifs is 1. The van der Waals surface area contributed by atoms with E-state index in [-0.39, 0.29) is 6.10 Å². The number of carbonyl (C=O) groups is 2. The number of rotatable bonds is 3. The van der Waals surface area contributed by atoms with Crippen LogP contribution in [0.4, 0.5) is 13.2 Å². The first kappa shape index (κ1) is 22.6. The van der Waals surface area contributed by atoms with E-state index in [9.17, 15) is 23.1 Å². The highest BCUT2D eigenvalue weighted by Crippen LogP contribution is 2.37. The summed E-state index contributed by atoms with van der Waals surface area (Å²) in [6, 6.07) is 5.23. The number of aromatic carboxylic acids is 1. The summed E-state index contributed by atoms with van der Waals surface area (Å²) in [6.45, 7) is 2.96. The predicted octanol–water partition coefficient (Wildman–Crippen LogP) is 3.37. The second-order valence-electron chi connectivity index (χ2n) is 7.10. The average Bonchev–Trinajstić information content (AvgIpc) is 2.97. The van der Waals surface area contributed by atoms with Gasteiger partial charge in [0.05, 0.1) is 11.7 Å². The van der Waals surface area contributed by atoms with Crippen molar-refractivity contribution in [1.29, 1.82) is 0 Å². The molecule has 3 atom stereocenters. The number of hydrogen-bond donors (Lipinski definition) is 3. The van der Waals surface area contributed by atoms with Gasteiger partial charge in [0.15, 0.2) is 0 Å². The van der Waals surface area contributed by atoms with Gasteiger partial charge in [-0.2, -0.15) is 13.2 Å². The van der Waals surface area contributed by atoms with Crippen LogP contribution >= 0.6 is 15.9 Å². The van der Waals surface area contributed by atoms with Gasteiger partial charge in [-0.25, -0.2) is 9.59 Å². The smallest absolute Gasteiger partial charge is 0.478 e. The first-order chi connectivity index (χ1) is 13.0. The molecule has 0 bridgehead atoms. The first-order valence-electron chi connectivity index (χ1n) is 8.69. The third-order valence-electron chi connectivity index (χ3n) is 5.03. The first-order valence-corrected chi connectivity index (χ1v) is 9.49. The predicted molar refractivity (Wildman–Crippen MR) is 96.9 cm³/mol. The van der Waals surface area contributed by atoms with E-state index in [4.69, 9.17) is 15.0 Å². The average molecular weight is 468 g/mol. The van der Waals surface area contributed by atoms with E-state index in [1.807, 2.05) is 6.07 Å². The van der Waals surface area contributed by atoms with Crippen molar-refractivity contribution in [3.8, 4) is 0 Å². The highest BCUT2D eigenvalue weighted by Gasteiger charge is 2.38. The fraction of sp³-hybridized carbons (Fsp3) is 0.556. The molecule has 28 heavy (non-hydrogen) atoms. The van der Waals surface area contributed by atoms with Crippen LogP contribution in [0.2, 0.25) is 0 Å². The molecule has 2 aliphatic rings. The second kappa shape index (κ2) is 9.23. The number of aliphatic carboxylic acids is 1. The lowest BCUT2D eigenvalue weighted by molar-refractivity contribution is -0.192. The minimum atomic E-state index is -5.08. The van der Waals surface area contributed by atoms with E-state index in [1.165, 1.54) is 0 Å². The molecule has 10 heteroatoms. The summed E-state index contributed by atoms with van der Waals surface area (Å²) in [5.41, 5.74) is 1.43. The number of likely N-dealkylation sites (tertiary alicyclic amines) is 1. The molecule has 3 rings (SSSR count). The topological polar surface area (TPSA) is 98.1 Å². The van der Waals surface area contributed by atoms with Crippen molar-refractivity contribution in [2.45, 2.75) is 38.1 Å². The number of halogens is 4. The van der Waals surface area contributed by atoms with Crippen molar-refractivity contribution < 1.29 is 38.1 Å². The third-order valence-corrected chi connectivity index (χ3v) is 5.77. The standard InChI is InChI=1S/C16H20BrNO3.C2HF3O2/c17-15-6-10(16(20)21)1-2-12(15)8-18-7-11-3-4-14(19)5-13(11)9-18;3-2(4,5)1(6)7/h1-2,6,11,13-14,19H,3-5,7-9H2,(H,20,21);(H,6,7)/t11-,13+,14-;/m1./s1. The third kappa shape index (κ3) is 6.18. The molecular formula is C18H21BrF3NO5. The summed E-state index contributed by atoms with van der Waals surface area (Å²) in [5, 5.41) is 25.9. The maximum absolute atomic E-state index is 11.0. The van der Waals surface area contributed by atoms with Crippen LogP contribution in [0.25, 0.3) is 0 Å². The zero-order valence-corrected chi connectivity index (χ0v) is 16.4. The van der Waals surface area contributed by atoms with Crippen LogP contribution < -0.4 is 0 Å². The number of carboxylic acid groups (broad SMARTS) is 2. The monoisotopic (exact) mass is 467 g/mol. The van der Waals surface area contributed by atoms with E-state index < -0.39 is 18.1 Å². The van der Waals surface area contributed by atoms with Gasteiger partial charge >= 0.3 is 18.1 Å². The van der Waals surface area contributed by atoms with E-state index >= 15 is 0 Å². The zero-order chi connectivity index (χ0) is 21.1. The quantitative estimate of drug-likeness (QED) is 0.630. The van der Waals surface area contributed by atoms with Crippen LogP contribution in [0.5, 0.6) is 0 Å². The van der Waals surface area contributed by atoms with Gasteiger partial charge in [0.25, 0.3) is 0 Å². The summed E-state index contributed by atoms with van der Waals surface area (Å²) in [4.78, 5) is 22.3. The van der Waals surface area contributed by atoms with Crippen molar-refractivity contribution in [3.63, 3.8) is 0 Å². The maximum atomic E-state index is 11.0. The molecule has 1 heterocycles. The van der Waals surface area contributed by atoms with Crippen LogP contribution in [0, 0.1) is 11.8 Å². The van der Waals surface area contributed by atoms with Crippen LogP contribution in [0.3, 0.4) is 0 Å². The molecule has 1 aromatic carbocycles. The lowest BCUT2D eigenvalue weighted by atomic mass is 9.80. The molecule has 156 valence electrons. The maximum Gasteiger partial charge on any atom is 0.490 e. The van der Waals surface area contributed by atoms with E-state index in [0.29, 0.717) is 17.4 Å². The van der Waals surface area contributed by atoms with Gasteiger partial charge in [0.2, 0.25) is 0 Å².